The van der Waals surface area contributed by atoms with E-state index in [-0.39, 0.29) is 16.9 Å². The molecular weight excluding hydrogens is 222 g/mol. The largest absolute Gasteiger partial charge is 0.496 e. The van der Waals surface area contributed by atoms with Crippen LogP contribution in [0.2, 0.25) is 0 Å². The van der Waals surface area contributed by atoms with Crippen LogP contribution in [0.25, 0.3) is 0 Å². The van der Waals surface area contributed by atoms with E-state index >= 15 is 0 Å². The zero-order valence-electron chi connectivity index (χ0n) is 10.0. The Bertz CT molecular complexity index is 440. The molecule has 0 aliphatic heterocycles. The van der Waals surface area contributed by atoms with Gasteiger partial charge in [-0.05, 0) is 25.1 Å². The highest BCUT2D eigenvalue weighted by Gasteiger charge is 2.18. The molecule has 92 valence electrons. The van der Waals surface area contributed by atoms with E-state index in [1.54, 1.807) is 13.0 Å². The summed E-state index contributed by atoms with van der Waals surface area (Å²) in [6, 6.07) is 3.85. The fourth-order valence-corrected chi connectivity index (χ4v) is 1.39. The summed E-state index contributed by atoms with van der Waals surface area (Å²) in [5.74, 6) is -0.404. The van der Waals surface area contributed by atoms with E-state index in [4.69, 9.17) is 10.5 Å². The third kappa shape index (κ3) is 2.82. The molecule has 0 saturated heterocycles. The van der Waals surface area contributed by atoms with Gasteiger partial charge in [-0.25, -0.2) is 4.79 Å². The van der Waals surface area contributed by atoms with Crippen LogP contribution < -0.4 is 10.5 Å². The summed E-state index contributed by atoms with van der Waals surface area (Å²) in [6.07, 6.45) is 0. The van der Waals surface area contributed by atoms with Gasteiger partial charge in [-0.1, -0.05) is 0 Å². The number of carbonyl (C=O) groups is 2. The molecule has 0 saturated carbocycles. The number of methoxy groups -OCH3 is 2. The van der Waals surface area contributed by atoms with Gasteiger partial charge in [0.25, 0.3) is 0 Å². The Hall–Kier alpha value is -1.88. The number of hydrogen-bond acceptors (Lipinski definition) is 5. The Morgan fingerprint density at radius 2 is 1.94 bits per heavy atom. The second kappa shape index (κ2) is 5.45. The normalized spacial score (nSPS) is 11.8. The topological polar surface area (TPSA) is 78.6 Å². The van der Waals surface area contributed by atoms with Gasteiger partial charge in [0.1, 0.15) is 5.75 Å². The summed E-state index contributed by atoms with van der Waals surface area (Å²) in [5, 5.41) is 0. The molecule has 0 heterocycles. The Balaban J connectivity index is 3.24. The third-order valence-corrected chi connectivity index (χ3v) is 2.30. The maximum Gasteiger partial charge on any atom is 0.337 e. The minimum absolute atomic E-state index is 0.283. The Morgan fingerprint density at radius 1 is 1.29 bits per heavy atom. The van der Waals surface area contributed by atoms with Crippen LogP contribution in [0.5, 0.6) is 5.75 Å². The van der Waals surface area contributed by atoms with E-state index in [0.29, 0.717) is 5.75 Å². The number of esters is 1. The molecule has 17 heavy (non-hydrogen) atoms. The minimum atomic E-state index is -0.656. The lowest BCUT2D eigenvalue weighted by molar-refractivity contribution is 0.0600. The molecule has 1 atom stereocenters. The van der Waals surface area contributed by atoms with Gasteiger partial charge in [0.2, 0.25) is 0 Å². The second-order valence-corrected chi connectivity index (χ2v) is 3.56. The van der Waals surface area contributed by atoms with Gasteiger partial charge < -0.3 is 15.2 Å². The van der Waals surface area contributed by atoms with Crippen LogP contribution in [0.15, 0.2) is 18.2 Å². The lowest BCUT2D eigenvalue weighted by atomic mass is 10.0. The molecule has 0 radical (unpaired) electrons. The summed E-state index contributed by atoms with van der Waals surface area (Å²) in [4.78, 5) is 23.2. The highest BCUT2D eigenvalue weighted by atomic mass is 16.5. The zero-order valence-corrected chi connectivity index (χ0v) is 10.0. The molecule has 0 fully saturated rings. The van der Waals surface area contributed by atoms with Gasteiger partial charge in [0.05, 0.1) is 31.4 Å². The van der Waals surface area contributed by atoms with Crippen LogP contribution in [0.1, 0.15) is 27.6 Å². The molecule has 1 aromatic rings. The molecule has 2 N–H and O–H groups in total. The van der Waals surface area contributed by atoms with Crippen LogP contribution in [-0.4, -0.2) is 32.0 Å². The Morgan fingerprint density at radius 3 is 2.41 bits per heavy atom. The maximum absolute atomic E-state index is 11.8. The van der Waals surface area contributed by atoms with E-state index in [2.05, 4.69) is 4.74 Å². The average molecular weight is 237 g/mol. The quantitative estimate of drug-likeness (QED) is 0.624. The van der Waals surface area contributed by atoms with Crippen molar-refractivity contribution in [3.05, 3.63) is 29.3 Å². The van der Waals surface area contributed by atoms with Gasteiger partial charge in [-0.15, -0.1) is 0 Å². The maximum atomic E-state index is 11.8. The number of ketones is 1. The van der Waals surface area contributed by atoms with Crippen molar-refractivity contribution in [3.8, 4) is 5.75 Å². The molecule has 0 aliphatic carbocycles. The van der Waals surface area contributed by atoms with Gasteiger partial charge in [-0.2, -0.15) is 0 Å². The van der Waals surface area contributed by atoms with E-state index in [1.165, 1.54) is 26.4 Å². The van der Waals surface area contributed by atoms with Crippen LogP contribution in [0, 0.1) is 0 Å². The van der Waals surface area contributed by atoms with Crippen LogP contribution >= 0.6 is 0 Å². The predicted octanol–water partition coefficient (Wildman–Crippen LogP) is 1.01. The summed E-state index contributed by atoms with van der Waals surface area (Å²) < 4.78 is 9.64. The van der Waals surface area contributed by atoms with E-state index < -0.39 is 12.0 Å². The number of benzene rings is 1. The number of carbonyl (C=O) groups excluding carboxylic acids is 2. The number of ether oxygens (including phenoxy) is 2. The van der Waals surface area contributed by atoms with Crippen molar-refractivity contribution >= 4 is 11.8 Å². The SMILES string of the molecule is COC(=O)c1ccc(OC)c(C(=O)C(C)N)c1. The molecule has 0 amide bonds. The molecule has 0 bridgehead atoms. The van der Waals surface area contributed by atoms with Crippen molar-refractivity contribution in [2.24, 2.45) is 5.73 Å². The van der Waals surface area contributed by atoms with Gasteiger partial charge in [0, 0.05) is 0 Å². The zero-order chi connectivity index (χ0) is 13.0. The van der Waals surface area contributed by atoms with Crippen molar-refractivity contribution in [1.29, 1.82) is 0 Å². The molecule has 0 aliphatic rings. The smallest absolute Gasteiger partial charge is 0.337 e. The number of Topliss-reactive ketones (excluding diaryl/α,β-unsaturated/α-hetero) is 1. The van der Waals surface area contributed by atoms with Gasteiger partial charge >= 0.3 is 5.97 Å². The predicted molar refractivity (Wildman–Crippen MR) is 62.3 cm³/mol. The van der Waals surface area contributed by atoms with Crippen molar-refractivity contribution in [3.63, 3.8) is 0 Å². The van der Waals surface area contributed by atoms with Crippen LogP contribution in [0.3, 0.4) is 0 Å². The first kappa shape index (κ1) is 13.2. The Kier molecular flexibility index (Phi) is 4.23. The van der Waals surface area contributed by atoms with Gasteiger partial charge in [-0.3, -0.25) is 4.79 Å². The highest BCUT2D eigenvalue weighted by molar-refractivity contribution is 6.04. The molecule has 1 aromatic carbocycles. The molecule has 0 aromatic heterocycles. The summed E-state index contributed by atoms with van der Waals surface area (Å²) in [5.41, 5.74) is 6.10. The van der Waals surface area contributed by atoms with Crippen molar-refractivity contribution in [2.45, 2.75) is 13.0 Å². The van der Waals surface area contributed by atoms with E-state index in [0.717, 1.165) is 0 Å². The molecule has 5 nitrogen and oxygen atoms in total. The van der Waals surface area contributed by atoms with Crippen LogP contribution in [0.4, 0.5) is 0 Å². The molecule has 1 unspecified atom stereocenters. The number of hydrogen-bond donors (Lipinski definition) is 1. The number of nitrogens with two attached hydrogens (primary N) is 1. The lowest BCUT2D eigenvalue weighted by Crippen LogP contribution is -2.27. The monoisotopic (exact) mass is 237 g/mol. The first-order valence-corrected chi connectivity index (χ1v) is 5.07. The van der Waals surface area contributed by atoms with Crippen molar-refractivity contribution < 1.29 is 19.1 Å². The average Bonchev–Trinajstić information content (AvgIpc) is 2.35. The fourth-order valence-electron chi connectivity index (χ4n) is 1.39. The summed E-state index contributed by atoms with van der Waals surface area (Å²) in [6.45, 7) is 1.58. The summed E-state index contributed by atoms with van der Waals surface area (Å²) >= 11 is 0. The van der Waals surface area contributed by atoms with Crippen molar-refractivity contribution in [2.75, 3.05) is 14.2 Å². The molecule has 0 spiro atoms. The van der Waals surface area contributed by atoms with Crippen LogP contribution in [-0.2, 0) is 4.74 Å². The van der Waals surface area contributed by atoms with E-state index in [9.17, 15) is 9.59 Å². The fraction of sp³-hybridized carbons (Fsp3) is 0.333. The van der Waals surface area contributed by atoms with Crippen molar-refractivity contribution in [1.82, 2.24) is 0 Å². The first-order valence-electron chi connectivity index (χ1n) is 5.07. The second-order valence-electron chi connectivity index (χ2n) is 3.56. The minimum Gasteiger partial charge on any atom is -0.496 e. The first-order chi connectivity index (χ1) is 8.01. The Labute approximate surface area is 99.5 Å². The lowest BCUT2D eigenvalue weighted by Gasteiger charge is -2.11. The molecule has 1 rings (SSSR count). The highest BCUT2D eigenvalue weighted by Crippen LogP contribution is 2.21. The summed E-state index contributed by atoms with van der Waals surface area (Å²) in [7, 11) is 2.73. The van der Waals surface area contributed by atoms with E-state index in [1.807, 2.05) is 0 Å². The third-order valence-electron chi connectivity index (χ3n) is 2.30. The molecule has 5 heteroatoms. The van der Waals surface area contributed by atoms with Gasteiger partial charge in [0.15, 0.2) is 5.78 Å². The standard InChI is InChI=1S/C12H15NO4/c1-7(13)11(14)9-6-8(12(15)17-3)4-5-10(9)16-2/h4-7H,13H2,1-3H3. The molecular formula is C12H15NO4. The number of rotatable bonds is 4.